The van der Waals surface area contributed by atoms with Crippen molar-refractivity contribution in [1.29, 1.82) is 0 Å². The van der Waals surface area contributed by atoms with Gasteiger partial charge in [-0.1, -0.05) is 37.6 Å². The molecule has 2 aromatic carbocycles. The fourth-order valence-corrected chi connectivity index (χ4v) is 2.15. The third kappa shape index (κ3) is 3.47. The van der Waals surface area contributed by atoms with Gasteiger partial charge in [-0.25, -0.2) is 0 Å². The standard InChI is InChI=1S/C18H20O2/c1-3-5-14-6-8-15(9-7-14)18(19)16-10-12-17(13-11-16)20-4-2/h6-13H,3-5H2,1-2H3. The summed E-state index contributed by atoms with van der Waals surface area (Å²) in [5, 5.41) is 0. The summed E-state index contributed by atoms with van der Waals surface area (Å²) < 4.78 is 5.38. The van der Waals surface area contributed by atoms with Crippen LogP contribution in [-0.4, -0.2) is 12.4 Å². The molecule has 0 aliphatic carbocycles. The van der Waals surface area contributed by atoms with E-state index in [0.29, 0.717) is 12.2 Å². The van der Waals surface area contributed by atoms with Gasteiger partial charge in [0.15, 0.2) is 5.78 Å². The zero-order valence-electron chi connectivity index (χ0n) is 12.1. The van der Waals surface area contributed by atoms with Crippen LogP contribution in [0, 0.1) is 0 Å². The molecular formula is C18H20O2. The lowest BCUT2D eigenvalue weighted by Crippen LogP contribution is -2.01. The lowest BCUT2D eigenvalue weighted by Gasteiger charge is -2.05. The maximum atomic E-state index is 12.3. The normalized spacial score (nSPS) is 10.3. The van der Waals surface area contributed by atoms with Gasteiger partial charge in [-0.2, -0.15) is 0 Å². The van der Waals surface area contributed by atoms with E-state index in [4.69, 9.17) is 4.74 Å². The molecule has 0 radical (unpaired) electrons. The molecule has 0 unspecified atom stereocenters. The van der Waals surface area contributed by atoms with Crippen LogP contribution in [-0.2, 0) is 6.42 Å². The summed E-state index contributed by atoms with van der Waals surface area (Å²) in [6.45, 7) is 4.72. The zero-order chi connectivity index (χ0) is 14.4. The summed E-state index contributed by atoms with van der Waals surface area (Å²) in [6, 6.07) is 15.2. The van der Waals surface area contributed by atoms with Gasteiger partial charge in [-0.3, -0.25) is 4.79 Å². The van der Waals surface area contributed by atoms with Gasteiger partial charge >= 0.3 is 0 Å². The molecule has 0 N–H and O–H groups in total. The molecule has 2 nitrogen and oxygen atoms in total. The van der Waals surface area contributed by atoms with Crippen LogP contribution in [0.1, 0.15) is 41.8 Å². The van der Waals surface area contributed by atoms with Gasteiger partial charge in [0, 0.05) is 11.1 Å². The van der Waals surface area contributed by atoms with Crippen molar-refractivity contribution >= 4 is 5.78 Å². The quantitative estimate of drug-likeness (QED) is 0.731. The zero-order valence-corrected chi connectivity index (χ0v) is 12.1. The first-order valence-corrected chi connectivity index (χ1v) is 7.11. The van der Waals surface area contributed by atoms with Crippen LogP contribution in [0.3, 0.4) is 0 Å². The number of rotatable bonds is 6. The fraction of sp³-hybridized carbons (Fsp3) is 0.278. The summed E-state index contributed by atoms with van der Waals surface area (Å²) in [6.07, 6.45) is 2.17. The topological polar surface area (TPSA) is 26.3 Å². The van der Waals surface area contributed by atoms with Crippen molar-refractivity contribution in [2.24, 2.45) is 0 Å². The van der Waals surface area contributed by atoms with Gasteiger partial charge in [0.1, 0.15) is 5.75 Å². The second-order valence-electron chi connectivity index (χ2n) is 4.73. The molecule has 2 aromatic rings. The van der Waals surface area contributed by atoms with Gasteiger partial charge in [0.25, 0.3) is 0 Å². The van der Waals surface area contributed by atoms with E-state index in [1.807, 2.05) is 55.5 Å². The summed E-state index contributed by atoms with van der Waals surface area (Å²) in [5.41, 5.74) is 2.70. The average Bonchev–Trinajstić information content (AvgIpc) is 2.49. The first kappa shape index (κ1) is 14.3. The Labute approximate surface area is 120 Å². The predicted octanol–water partition coefficient (Wildman–Crippen LogP) is 4.27. The van der Waals surface area contributed by atoms with E-state index in [1.165, 1.54) is 5.56 Å². The Kier molecular flexibility index (Phi) is 4.94. The van der Waals surface area contributed by atoms with Crippen molar-refractivity contribution in [3.05, 3.63) is 65.2 Å². The summed E-state index contributed by atoms with van der Waals surface area (Å²) >= 11 is 0. The molecule has 0 spiro atoms. The highest BCUT2D eigenvalue weighted by atomic mass is 16.5. The van der Waals surface area contributed by atoms with Crippen molar-refractivity contribution in [3.8, 4) is 5.75 Å². The Hall–Kier alpha value is -2.09. The summed E-state index contributed by atoms with van der Waals surface area (Å²) in [5.74, 6) is 0.846. The molecule has 20 heavy (non-hydrogen) atoms. The van der Waals surface area contributed by atoms with E-state index < -0.39 is 0 Å². The maximum absolute atomic E-state index is 12.3. The van der Waals surface area contributed by atoms with Crippen LogP contribution in [0.5, 0.6) is 5.75 Å². The number of hydrogen-bond acceptors (Lipinski definition) is 2. The number of hydrogen-bond donors (Lipinski definition) is 0. The van der Waals surface area contributed by atoms with Gasteiger partial charge < -0.3 is 4.74 Å². The number of benzene rings is 2. The highest BCUT2D eigenvalue weighted by Gasteiger charge is 2.08. The average molecular weight is 268 g/mol. The third-order valence-corrected chi connectivity index (χ3v) is 3.18. The predicted molar refractivity (Wildman–Crippen MR) is 81.5 cm³/mol. The first-order valence-electron chi connectivity index (χ1n) is 7.11. The molecule has 0 saturated carbocycles. The second-order valence-corrected chi connectivity index (χ2v) is 4.73. The number of carbonyl (C=O) groups is 1. The Morgan fingerprint density at radius 3 is 1.95 bits per heavy atom. The van der Waals surface area contributed by atoms with E-state index in [9.17, 15) is 4.79 Å². The van der Waals surface area contributed by atoms with E-state index in [1.54, 1.807) is 0 Å². The van der Waals surface area contributed by atoms with Crippen LogP contribution in [0.25, 0.3) is 0 Å². The number of ketones is 1. The van der Waals surface area contributed by atoms with E-state index in [2.05, 4.69) is 6.92 Å². The Bertz CT molecular complexity index is 501. The minimum Gasteiger partial charge on any atom is -0.494 e. The second kappa shape index (κ2) is 6.90. The molecule has 0 aliphatic rings. The fourth-order valence-electron chi connectivity index (χ4n) is 2.15. The molecule has 104 valence electrons. The largest absolute Gasteiger partial charge is 0.494 e. The molecule has 0 amide bonds. The highest BCUT2D eigenvalue weighted by molar-refractivity contribution is 6.09. The molecule has 2 heteroatoms. The molecule has 0 atom stereocenters. The van der Waals surface area contributed by atoms with Crippen molar-refractivity contribution in [3.63, 3.8) is 0 Å². The summed E-state index contributed by atoms with van der Waals surface area (Å²) in [4.78, 5) is 12.3. The molecule has 0 saturated heterocycles. The first-order chi connectivity index (χ1) is 9.74. The minimum atomic E-state index is 0.0519. The van der Waals surface area contributed by atoms with Crippen LogP contribution in [0.15, 0.2) is 48.5 Å². The van der Waals surface area contributed by atoms with E-state index in [-0.39, 0.29) is 5.78 Å². The smallest absolute Gasteiger partial charge is 0.193 e. The van der Waals surface area contributed by atoms with Crippen LogP contribution in [0.4, 0.5) is 0 Å². The van der Waals surface area contributed by atoms with Crippen molar-refractivity contribution in [1.82, 2.24) is 0 Å². The van der Waals surface area contributed by atoms with Crippen molar-refractivity contribution in [2.45, 2.75) is 26.7 Å². The number of aryl methyl sites for hydroxylation is 1. The molecular weight excluding hydrogens is 248 g/mol. The van der Waals surface area contributed by atoms with E-state index >= 15 is 0 Å². The number of ether oxygens (including phenoxy) is 1. The third-order valence-electron chi connectivity index (χ3n) is 3.18. The highest BCUT2D eigenvalue weighted by Crippen LogP contribution is 2.16. The van der Waals surface area contributed by atoms with Gasteiger partial charge in [-0.05, 0) is 43.2 Å². The number of carbonyl (C=O) groups excluding carboxylic acids is 1. The van der Waals surface area contributed by atoms with Crippen LogP contribution in [0.2, 0.25) is 0 Å². The molecule has 2 rings (SSSR count). The molecule has 0 aliphatic heterocycles. The van der Waals surface area contributed by atoms with Crippen molar-refractivity contribution < 1.29 is 9.53 Å². The molecule has 0 fully saturated rings. The summed E-state index contributed by atoms with van der Waals surface area (Å²) in [7, 11) is 0. The van der Waals surface area contributed by atoms with Crippen LogP contribution < -0.4 is 4.74 Å². The Morgan fingerprint density at radius 1 is 0.900 bits per heavy atom. The maximum Gasteiger partial charge on any atom is 0.193 e. The van der Waals surface area contributed by atoms with E-state index in [0.717, 1.165) is 24.2 Å². The SMILES string of the molecule is CCCc1ccc(C(=O)c2ccc(OCC)cc2)cc1. The lowest BCUT2D eigenvalue weighted by molar-refractivity contribution is 0.103. The molecule has 0 aromatic heterocycles. The van der Waals surface area contributed by atoms with Gasteiger partial charge in [-0.15, -0.1) is 0 Å². The monoisotopic (exact) mass is 268 g/mol. The minimum absolute atomic E-state index is 0.0519. The Morgan fingerprint density at radius 2 is 1.45 bits per heavy atom. The molecule has 0 heterocycles. The van der Waals surface area contributed by atoms with Crippen LogP contribution >= 0.6 is 0 Å². The lowest BCUT2D eigenvalue weighted by atomic mass is 10.0. The Balaban J connectivity index is 2.13. The molecule has 0 bridgehead atoms. The van der Waals surface area contributed by atoms with Crippen molar-refractivity contribution in [2.75, 3.05) is 6.61 Å². The van der Waals surface area contributed by atoms with Gasteiger partial charge in [0.05, 0.1) is 6.61 Å². The van der Waals surface area contributed by atoms with Gasteiger partial charge in [0.2, 0.25) is 0 Å².